The molecule has 0 spiro atoms. The summed E-state index contributed by atoms with van der Waals surface area (Å²) in [6.07, 6.45) is 0. The molecule has 0 aliphatic heterocycles. The standard InChI is InChI=1S/C14H22N2O/c1-5-15-11(4)12-7-6-8-13(9-12)16-14(17)10(2)3/h6-11,15H,5H2,1-4H3,(H,16,17). The summed E-state index contributed by atoms with van der Waals surface area (Å²) in [5.41, 5.74) is 2.05. The van der Waals surface area contributed by atoms with Gasteiger partial charge in [-0.15, -0.1) is 0 Å². The Kier molecular flexibility index (Phi) is 5.16. The molecule has 0 aromatic heterocycles. The van der Waals surface area contributed by atoms with Crippen molar-refractivity contribution in [3.8, 4) is 0 Å². The van der Waals surface area contributed by atoms with Crippen molar-refractivity contribution in [3.05, 3.63) is 29.8 Å². The van der Waals surface area contributed by atoms with E-state index in [1.165, 1.54) is 5.56 Å². The molecule has 3 heteroatoms. The number of hydrogen-bond donors (Lipinski definition) is 2. The second-order valence-corrected chi connectivity index (χ2v) is 4.55. The van der Waals surface area contributed by atoms with Gasteiger partial charge in [0.25, 0.3) is 0 Å². The lowest BCUT2D eigenvalue weighted by Crippen LogP contribution is -2.19. The van der Waals surface area contributed by atoms with Gasteiger partial charge < -0.3 is 10.6 Å². The molecule has 1 rings (SSSR count). The molecule has 0 saturated heterocycles. The first kappa shape index (κ1) is 13.7. The van der Waals surface area contributed by atoms with Crippen LogP contribution in [-0.4, -0.2) is 12.5 Å². The van der Waals surface area contributed by atoms with Gasteiger partial charge in [0.2, 0.25) is 5.91 Å². The first-order chi connectivity index (χ1) is 8.04. The van der Waals surface area contributed by atoms with Crippen LogP contribution in [0.15, 0.2) is 24.3 Å². The van der Waals surface area contributed by atoms with Gasteiger partial charge in [-0.25, -0.2) is 0 Å². The Morgan fingerprint density at radius 3 is 2.59 bits per heavy atom. The predicted octanol–water partition coefficient (Wildman–Crippen LogP) is 2.95. The summed E-state index contributed by atoms with van der Waals surface area (Å²) >= 11 is 0. The highest BCUT2D eigenvalue weighted by atomic mass is 16.1. The summed E-state index contributed by atoms with van der Waals surface area (Å²) in [5.74, 6) is 0.0584. The van der Waals surface area contributed by atoms with E-state index < -0.39 is 0 Å². The minimum atomic E-state index is 0.00449. The maximum atomic E-state index is 11.6. The van der Waals surface area contributed by atoms with E-state index in [2.05, 4.69) is 30.5 Å². The van der Waals surface area contributed by atoms with Crippen molar-refractivity contribution < 1.29 is 4.79 Å². The number of rotatable bonds is 5. The van der Waals surface area contributed by atoms with E-state index in [4.69, 9.17) is 0 Å². The van der Waals surface area contributed by atoms with Crippen LogP contribution in [-0.2, 0) is 4.79 Å². The molecule has 1 aromatic rings. The van der Waals surface area contributed by atoms with Crippen LogP contribution in [0, 0.1) is 5.92 Å². The quantitative estimate of drug-likeness (QED) is 0.822. The Labute approximate surface area is 104 Å². The van der Waals surface area contributed by atoms with Crippen LogP contribution in [0.2, 0.25) is 0 Å². The van der Waals surface area contributed by atoms with Crippen molar-refractivity contribution >= 4 is 11.6 Å². The highest BCUT2D eigenvalue weighted by Crippen LogP contribution is 2.17. The molecule has 1 aromatic carbocycles. The van der Waals surface area contributed by atoms with E-state index in [0.29, 0.717) is 6.04 Å². The molecule has 0 fully saturated rings. The van der Waals surface area contributed by atoms with E-state index in [0.717, 1.165) is 12.2 Å². The molecule has 0 saturated carbocycles. The Morgan fingerprint density at radius 1 is 1.29 bits per heavy atom. The second kappa shape index (κ2) is 6.40. The summed E-state index contributed by atoms with van der Waals surface area (Å²) in [7, 11) is 0. The molecule has 3 nitrogen and oxygen atoms in total. The van der Waals surface area contributed by atoms with Gasteiger partial charge in [0.05, 0.1) is 0 Å². The Balaban J connectivity index is 2.75. The third-order valence-corrected chi connectivity index (χ3v) is 2.69. The van der Waals surface area contributed by atoms with Crippen LogP contribution < -0.4 is 10.6 Å². The molecule has 0 aliphatic carbocycles. The summed E-state index contributed by atoms with van der Waals surface area (Å²) in [6.45, 7) is 8.92. The zero-order valence-corrected chi connectivity index (χ0v) is 11.1. The SMILES string of the molecule is CCNC(C)c1cccc(NC(=O)C(C)C)c1. The molecule has 0 aliphatic rings. The normalized spacial score (nSPS) is 12.5. The smallest absolute Gasteiger partial charge is 0.226 e. The number of nitrogens with one attached hydrogen (secondary N) is 2. The molecule has 0 radical (unpaired) electrons. The second-order valence-electron chi connectivity index (χ2n) is 4.55. The molecular weight excluding hydrogens is 212 g/mol. The monoisotopic (exact) mass is 234 g/mol. The summed E-state index contributed by atoms with van der Waals surface area (Å²) in [5, 5.41) is 6.26. The third-order valence-electron chi connectivity index (χ3n) is 2.69. The Morgan fingerprint density at radius 2 is 2.00 bits per heavy atom. The van der Waals surface area contributed by atoms with E-state index in [-0.39, 0.29) is 11.8 Å². The maximum absolute atomic E-state index is 11.6. The molecule has 17 heavy (non-hydrogen) atoms. The van der Waals surface area contributed by atoms with Crippen LogP contribution in [0.1, 0.15) is 39.3 Å². The van der Waals surface area contributed by atoms with Crippen LogP contribution in [0.3, 0.4) is 0 Å². The van der Waals surface area contributed by atoms with E-state index in [9.17, 15) is 4.79 Å². The summed E-state index contributed by atoms with van der Waals surface area (Å²) in [6, 6.07) is 8.28. The minimum Gasteiger partial charge on any atom is -0.326 e. The van der Waals surface area contributed by atoms with Gasteiger partial charge in [-0.2, -0.15) is 0 Å². The van der Waals surface area contributed by atoms with Crippen molar-refractivity contribution in [1.82, 2.24) is 5.32 Å². The molecule has 2 N–H and O–H groups in total. The molecule has 1 amide bonds. The minimum absolute atomic E-state index is 0.00449. The lowest BCUT2D eigenvalue weighted by atomic mass is 10.1. The molecular formula is C14H22N2O. The summed E-state index contributed by atoms with van der Waals surface area (Å²) < 4.78 is 0. The molecule has 94 valence electrons. The maximum Gasteiger partial charge on any atom is 0.226 e. The number of hydrogen-bond acceptors (Lipinski definition) is 2. The largest absolute Gasteiger partial charge is 0.326 e. The number of carbonyl (C=O) groups is 1. The zero-order valence-electron chi connectivity index (χ0n) is 11.1. The lowest BCUT2D eigenvalue weighted by Gasteiger charge is -2.14. The fourth-order valence-corrected chi connectivity index (χ4v) is 1.60. The number of benzene rings is 1. The molecule has 1 unspecified atom stereocenters. The fourth-order valence-electron chi connectivity index (χ4n) is 1.60. The van der Waals surface area contributed by atoms with Gasteiger partial charge in [0.15, 0.2) is 0 Å². The van der Waals surface area contributed by atoms with Crippen LogP contribution in [0.5, 0.6) is 0 Å². The fraction of sp³-hybridized carbons (Fsp3) is 0.500. The Hall–Kier alpha value is -1.35. The van der Waals surface area contributed by atoms with Gasteiger partial charge in [-0.1, -0.05) is 32.9 Å². The van der Waals surface area contributed by atoms with Crippen molar-refractivity contribution in [2.75, 3.05) is 11.9 Å². The van der Waals surface area contributed by atoms with Crippen LogP contribution in [0.4, 0.5) is 5.69 Å². The Bertz CT molecular complexity index is 374. The van der Waals surface area contributed by atoms with E-state index >= 15 is 0 Å². The van der Waals surface area contributed by atoms with Crippen molar-refractivity contribution in [3.63, 3.8) is 0 Å². The van der Waals surface area contributed by atoms with E-state index in [1.807, 2.05) is 32.0 Å². The van der Waals surface area contributed by atoms with Crippen molar-refractivity contribution in [1.29, 1.82) is 0 Å². The van der Waals surface area contributed by atoms with Gasteiger partial charge in [0, 0.05) is 17.6 Å². The van der Waals surface area contributed by atoms with Crippen LogP contribution in [0.25, 0.3) is 0 Å². The highest BCUT2D eigenvalue weighted by Gasteiger charge is 2.08. The first-order valence-electron chi connectivity index (χ1n) is 6.18. The van der Waals surface area contributed by atoms with Crippen molar-refractivity contribution in [2.45, 2.75) is 33.7 Å². The molecule has 0 bridgehead atoms. The first-order valence-corrected chi connectivity index (χ1v) is 6.18. The van der Waals surface area contributed by atoms with Gasteiger partial charge in [0.1, 0.15) is 0 Å². The lowest BCUT2D eigenvalue weighted by molar-refractivity contribution is -0.118. The predicted molar refractivity (Wildman–Crippen MR) is 72.0 cm³/mol. The van der Waals surface area contributed by atoms with Gasteiger partial charge >= 0.3 is 0 Å². The summed E-state index contributed by atoms with van der Waals surface area (Å²) in [4.78, 5) is 11.6. The highest BCUT2D eigenvalue weighted by molar-refractivity contribution is 5.92. The number of carbonyl (C=O) groups excluding carboxylic acids is 1. The molecule has 0 heterocycles. The third kappa shape index (κ3) is 4.19. The van der Waals surface area contributed by atoms with Gasteiger partial charge in [-0.05, 0) is 31.2 Å². The zero-order chi connectivity index (χ0) is 12.8. The average molecular weight is 234 g/mol. The molecule has 1 atom stereocenters. The van der Waals surface area contributed by atoms with E-state index in [1.54, 1.807) is 0 Å². The average Bonchev–Trinajstić information content (AvgIpc) is 2.29. The topological polar surface area (TPSA) is 41.1 Å². The number of amides is 1. The van der Waals surface area contributed by atoms with Crippen LogP contribution >= 0.6 is 0 Å². The number of anilines is 1. The van der Waals surface area contributed by atoms with Crippen molar-refractivity contribution in [2.24, 2.45) is 5.92 Å². The van der Waals surface area contributed by atoms with Gasteiger partial charge in [-0.3, -0.25) is 4.79 Å².